The first-order valence-electron chi connectivity index (χ1n) is 13.1. The normalized spacial score (nSPS) is 11.0. The third-order valence-corrected chi connectivity index (χ3v) is 8.26. The minimum absolute atomic E-state index is 0.308. The van der Waals surface area contributed by atoms with Crippen LogP contribution in [0.2, 0.25) is 10.0 Å². The molecule has 0 atom stereocenters. The number of halogens is 3. The molecular formula is C32H25Cl2IN4O3S. The maximum Gasteiger partial charge on any atom is 0.271 e. The van der Waals surface area contributed by atoms with Gasteiger partial charge in [-0.2, -0.15) is 5.10 Å². The molecule has 1 heterocycles. The summed E-state index contributed by atoms with van der Waals surface area (Å²) < 4.78 is 12.7. The number of nitrogens with zero attached hydrogens (tertiary/aromatic N) is 2. The summed E-state index contributed by atoms with van der Waals surface area (Å²) in [6.45, 7) is 2.68. The van der Waals surface area contributed by atoms with E-state index in [1.54, 1.807) is 18.3 Å². The standard InChI is InChI=1S/C32H25Cl2IN4O3S/c1-2-41-29-16-20(15-27(35)30(29)42-18-23-5-3-4-6-26(23)34)17-36-39-31(40)22-9-7-21(8-10-22)28-19-43-32(38-28)37-25-13-11-24(33)12-14-25/h3-17,19H,2,18H2,1H3,(H,37,38)(H,39,40)/b36-17-. The summed E-state index contributed by atoms with van der Waals surface area (Å²) in [6, 6.07) is 25.9. The molecule has 0 fully saturated rings. The number of aromatic nitrogens is 1. The number of thiazole rings is 1. The molecule has 1 aromatic heterocycles. The van der Waals surface area contributed by atoms with E-state index in [-0.39, 0.29) is 5.91 Å². The van der Waals surface area contributed by atoms with Crippen LogP contribution in [0, 0.1) is 3.57 Å². The molecule has 218 valence electrons. The molecule has 0 saturated carbocycles. The van der Waals surface area contributed by atoms with Gasteiger partial charge in [0.2, 0.25) is 0 Å². The Labute approximate surface area is 277 Å². The maximum absolute atomic E-state index is 12.7. The Kier molecular flexibility index (Phi) is 10.5. The third-order valence-electron chi connectivity index (χ3n) is 6.08. The van der Waals surface area contributed by atoms with Gasteiger partial charge in [-0.05, 0) is 89.7 Å². The molecular weight excluding hydrogens is 718 g/mol. The van der Waals surface area contributed by atoms with Crippen LogP contribution in [0.25, 0.3) is 11.3 Å². The fourth-order valence-corrected chi connectivity index (χ4v) is 5.81. The molecule has 0 spiro atoms. The monoisotopic (exact) mass is 742 g/mol. The zero-order valence-corrected chi connectivity index (χ0v) is 27.3. The van der Waals surface area contributed by atoms with Gasteiger partial charge in [-0.15, -0.1) is 11.3 Å². The first-order valence-corrected chi connectivity index (χ1v) is 15.9. The summed E-state index contributed by atoms with van der Waals surface area (Å²) in [5.74, 6) is 0.876. The van der Waals surface area contributed by atoms with Gasteiger partial charge in [-0.1, -0.05) is 53.5 Å². The topological polar surface area (TPSA) is 84.8 Å². The van der Waals surface area contributed by atoms with E-state index in [9.17, 15) is 4.79 Å². The fraction of sp³-hybridized carbons (Fsp3) is 0.0938. The van der Waals surface area contributed by atoms with Gasteiger partial charge in [0.25, 0.3) is 5.91 Å². The number of ether oxygens (including phenoxy) is 2. The van der Waals surface area contributed by atoms with Crippen molar-refractivity contribution in [3.8, 4) is 22.8 Å². The van der Waals surface area contributed by atoms with Crippen LogP contribution in [0.5, 0.6) is 11.5 Å². The molecule has 1 amide bonds. The maximum atomic E-state index is 12.7. The quantitative estimate of drug-likeness (QED) is 0.0801. The zero-order valence-electron chi connectivity index (χ0n) is 22.8. The predicted molar refractivity (Wildman–Crippen MR) is 183 cm³/mol. The SMILES string of the molecule is CCOc1cc(/C=N\NC(=O)c2ccc(-c3csc(Nc4ccc(Cl)cc4)n3)cc2)cc(I)c1OCc1ccccc1Cl. The number of hydrazone groups is 1. The summed E-state index contributed by atoms with van der Waals surface area (Å²) in [6.07, 6.45) is 1.57. The van der Waals surface area contributed by atoms with Crippen molar-refractivity contribution in [3.63, 3.8) is 0 Å². The van der Waals surface area contributed by atoms with Crippen LogP contribution in [0.3, 0.4) is 0 Å². The Morgan fingerprint density at radius 3 is 2.53 bits per heavy atom. The van der Waals surface area contributed by atoms with Crippen molar-refractivity contribution in [3.05, 3.63) is 121 Å². The van der Waals surface area contributed by atoms with E-state index in [1.807, 2.05) is 85.1 Å². The number of amides is 1. The molecule has 0 radical (unpaired) electrons. The Hall–Kier alpha value is -3.64. The van der Waals surface area contributed by atoms with E-state index >= 15 is 0 Å². The number of benzene rings is 4. The molecule has 0 unspecified atom stereocenters. The van der Waals surface area contributed by atoms with Crippen LogP contribution in [-0.2, 0) is 6.61 Å². The highest BCUT2D eigenvalue weighted by Crippen LogP contribution is 2.35. The minimum atomic E-state index is -0.328. The van der Waals surface area contributed by atoms with E-state index in [2.05, 4.69) is 43.4 Å². The average molecular weight is 743 g/mol. The van der Waals surface area contributed by atoms with Crippen molar-refractivity contribution >= 4 is 80.1 Å². The fourth-order valence-electron chi connectivity index (χ4n) is 3.97. The predicted octanol–water partition coefficient (Wildman–Crippen LogP) is 9.21. The largest absolute Gasteiger partial charge is 0.490 e. The Morgan fingerprint density at radius 2 is 1.79 bits per heavy atom. The zero-order chi connectivity index (χ0) is 30.2. The smallest absolute Gasteiger partial charge is 0.271 e. The number of anilines is 2. The number of hydrogen-bond acceptors (Lipinski definition) is 7. The molecule has 0 aliphatic carbocycles. The summed E-state index contributed by atoms with van der Waals surface area (Å²) in [4.78, 5) is 17.4. The lowest BCUT2D eigenvalue weighted by Gasteiger charge is -2.15. The molecule has 0 aliphatic heterocycles. The Bertz CT molecular complexity index is 1750. The van der Waals surface area contributed by atoms with Gasteiger partial charge in [0.15, 0.2) is 16.6 Å². The van der Waals surface area contributed by atoms with Crippen LogP contribution in [0.1, 0.15) is 28.4 Å². The van der Waals surface area contributed by atoms with Gasteiger partial charge in [0.05, 0.1) is 22.1 Å². The van der Waals surface area contributed by atoms with Crippen LogP contribution >= 0.6 is 57.1 Å². The molecule has 5 rings (SSSR count). The second-order valence-corrected chi connectivity index (χ2v) is 12.0. The van der Waals surface area contributed by atoms with Crippen molar-refractivity contribution in [1.82, 2.24) is 10.4 Å². The van der Waals surface area contributed by atoms with Crippen molar-refractivity contribution in [2.75, 3.05) is 11.9 Å². The van der Waals surface area contributed by atoms with Crippen molar-refractivity contribution in [1.29, 1.82) is 0 Å². The number of nitrogens with one attached hydrogen (secondary N) is 2. The van der Waals surface area contributed by atoms with E-state index in [4.69, 9.17) is 32.7 Å². The summed E-state index contributed by atoms with van der Waals surface area (Å²) in [5.41, 5.74) is 7.31. The van der Waals surface area contributed by atoms with E-state index in [0.29, 0.717) is 40.3 Å². The Morgan fingerprint density at radius 1 is 1.02 bits per heavy atom. The van der Waals surface area contributed by atoms with E-state index < -0.39 is 0 Å². The van der Waals surface area contributed by atoms with Crippen molar-refractivity contribution in [2.45, 2.75) is 13.5 Å². The van der Waals surface area contributed by atoms with E-state index in [0.717, 1.165) is 36.8 Å². The van der Waals surface area contributed by atoms with Crippen molar-refractivity contribution < 1.29 is 14.3 Å². The lowest BCUT2D eigenvalue weighted by Crippen LogP contribution is -2.17. The van der Waals surface area contributed by atoms with Crippen molar-refractivity contribution in [2.24, 2.45) is 5.10 Å². The molecule has 11 heteroatoms. The molecule has 5 aromatic rings. The lowest BCUT2D eigenvalue weighted by molar-refractivity contribution is 0.0955. The Balaban J connectivity index is 1.20. The van der Waals surface area contributed by atoms with Gasteiger partial charge in [0.1, 0.15) is 6.61 Å². The van der Waals surface area contributed by atoms with Gasteiger partial charge < -0.3 is 14.8 Å². The van der Waals surface area contributed by atoms with Crippen LogP contribution in [0.4, 0.5) is 10.8 Å². The van der Waals surface area contributed by atoms with Gasteiger partial charge in [0, 0.05) is 37.8 Å². The summed E-state index contributed by atoms with van der Waals surface area (Å²) in [7, 11) is 0. The number of carbonyl (C=O) groups excluding carboxylic acids is 1. The van der Waals surface area contributed by atoms with Gasteiger partial charge >= 0.3 is 0 Å². The molecule has 2 N–H and O–H groups in total. The highest BCUT2D eigenvalue weighted by molar-refractivity contribution is 14.1. The highest BCUT2D eigenvalue weighted by atomic mass is 127. The highest BCUT2D eigenvalue weighted by Gasteiger charge is 2.13. The van der Waals surface area contributed by atoms with Gasteiger partial charge in [-0.3, -0.25) is 4.79 Å². The number of rotatable bonds is 11. The molecule has 0 aliphatic rings. The summed E-state index contributed by atoms with van der Waals surface area (Å²) >= 11 is 15.9. The second kappa shape index (κ2) is 14.7. The molecule has 43 heavy (non-hydrogen) atoms. The first kappa shape index (κ1) is 30.8. The summed E-state index contributed by atoms with van der Waals surface area (Å²) in [5, 5.41) is 11.5. The molecule has 0 bridgehead atoms. The lowest BCUT2D eigenvalue weighted by atomic mass is 10.1. The second-order valence-electron chi connectivity index (χ2n) is 9.09. The van der Waals surface area contributed by atoms with Crippen LogP contribution in [0.15, 0.2) is 95.4 Å². The molecule has 0 saturated heterocycles. The molecule has 4 aromatic carbocycles. The first-order chi connectivity index (χ1) is 20.9. The third kappa shape index (κ3) is 8.26. The minimum Gasteiger partial charge on any atom is -0.490 e. The van der Waals surface area contributed by atoms with E-state index in [1.165, 1.54) is 11.3 Å². The number of carbonyl (C=O) groups is 1. The van der Waals surface area contributed by atoms with Gasteiger partial charge in [-0.25, -0.2) is 10.4 Å². The number of hydrogen-bond donors (Lipinski definition) is 2. The average Bonchev–Trinajstić information content (AvgIpc) is 3.47. The van der Waals surface area contributed by atoms with Crippen LogP contribution in [-0.4, -0.2) is 23.7 Å². The molecule has 7 nitrogen and oxygen atoms in total. The van der Waals surface area contributed by atoms with Crippen LogP contribution < -0.4 is 20.2 Å².